The summed E-state index contributed by atoms with van der Waals surface area (Å²) in [5, 5.41) is 4.10. The number of carbonyl (C=O) groups excluding carboxylic acids is 1. The van der Waals surface area contributed by atoms with Crippen LogP contribution in [0, 0.1) is 6.92 Å². The number of amides is 1. The number of thiophene rings is 1. The van der Waals surface area contributed by atoms with Crippen molar-refractivity contribution in [1.82, 2.24) is 9.38 Å². The van der Waals surface area contributed by atoms with Gasteiger partial charge in [0.2, 0.25) is 0 Å². The smallest absolute Gasteiger partial charge is 0.265 e. The zero-order valence-electron chi connectivity index (χ0n) is 15.2. The van der Waals surface area contributed by atoms with Gasteiger partial charge in [-0.05, 0) is 48.2 Å². The number of hydrogen-bond acceptors (Lipinski definition) is 3. The highest BCUT2D eigenvalue weighted by Gasteiger charge is 2.12. The van der Waals surface area contributed by atoms with Crippen LogP contribution < -0.4 is 5.32 Å². The average molecular weight is 383 g/mol. The molecule has 4 nitrogen and oxygen atoms in total. The minimum atomic E-state index is -0.0933. The van der Waals surface area contributed by atoms with E-state index in [0.717, 1.165) is 38.2 Å². The lowest BCUT2D eigenvalue weighted by molar-refractivity contribution is 0.103. The lowest BCUT2D eigenvalue weighted by Gasteiger charge is -2.05. The van der Waals surface area contributed by atoms with Crippen molar-refractivity contribution >= 4 is 38.7 Å². The summed E-state index contributed by atoms with van der Waals surface area (Å²) in [7, 11) is 0. The first-order chi connectivity index (χ1) is 13.7. The summed E-state index contributed by atoms with van der Waals surface area (Å²) in [6.07, 6.45) is 4.00. The molecule has 0 unspecified atom stereocenters. The summed E-state index contributed by atoms with van der Waals surface area (Å²) in [6.45, 7) is 2.05. The van der Waals surface area contributed by atoms with E-state index in [-0.39, 0.29) is 5.91 Å². The fraction of sp³-hybridized carbons (Fsp3) is 0.0435. The second-order valence-electron chi connectivity index (χ2n) is 6.73. The molecule has 1 amide bonds. The summed E-state index contributed by atoms with van der Waals surface area (Å²) in [5.41, 5.74) is 4.68. The van der Waals surface area contributed by atoms with Gasteiger partial charge in [-0.2, -0.15) is 0 Å². The van der Waals surface area contributed by atoms with E-state index in [9.17, 15) is 4.79 Å². The maximum Gasteiger partial charge on any atom is 0.265 e. The third kappa shape index (κ3) is 2.96. The lowest BCUT2D eigenvalue weighted by Crippen LogP contribution is -2.09. The lowest BCUT2D eigenvalue weighted by atomic mass is 10.1. The zero-order valence-corrected chi connectivity index (χ0v) is 16.0. The van der Waals surface area contributed by atoms with Gasteiger partial charge in [0.05, 0.1) is 10.6 Å². The Hall–Kier alpha value is -3.44. The van der Waals surface area contributed by atoms with Crippen molar-refractivity contribution in [3.8, 4) is 11.3 Å². The minimum absolute atomic E-state index is 0.0933. The molecule has 0 aliphatic carbocycles. The van der Waals surface area contributed by atoms with Crippen molar-refractivity contribution in [2.75, 3.05) is 5.32 Å². The van der Waals surface area contributed by atoms with Gasteiger partial charge >= 0.3 is 0 Å². The molecule has 0 atom stereocenters. The number of nitrogens with one attached hydrogen (secondary N) is 1. The number of anilines is 1. The van der Waals surface area contributed by atoms with Crippen molar-refractivity contribution < 1.29 is 4.79 Å². The predicted octanol–water partition coefficient (Wildman–Crippen LogP) is 5.78. The van der Waals surface area contributed by atoms with Gasteiger partial charge in [-0.3, -0.25) is 4.79 Å². The van der Waals surface area contributed by atoms with Gasteiger partial charge in [-0.15, -0.1) is 11.3 Å². The summed E-state index contributed by atoms with van der Waals surface area (Å²) < 4.78 is 3.13. The van der Waals surface area contributed by atoms with Crippen molar-refractivity contribution in [1.29, 1.82) is 0 Å². The molecule has 0 aliphatic heterocycles. The predicted molar refractivity (Wildman–Crippen MR) is 115 cm³/mol. The molecule has 3 aromatic heterocycles. The maximum atomic E-state index is 12.7. The van der Waals surface area contributed by atoms with Crippen molar-refractivity contribution in [3.05, 3.63) is 89.6 Å². The number of aromatic nitrogens is 2. The largest absolute Gasteiger partial charge is 0.321 e. The maximum absolute atomic E-state index is 12.7. The van der Waals surface area contributed by atoms with Gasteiger partial charge < -0.3 is 9.72 Å². The molecule has 5 rings (SSSR count). The highest BCUT2D eigenvalue weighted by Crippen LogP contribution is 2.27. The monoisotopic (exact) mass is 383 g/mol. The standard InChI is InChI=1S/C23H17N3OS/c1-15-6-5-11-26-14-19(25-22(15)26)16-8-4-9-18(12-16)24-23(27)21-13-17-7-2-3-10-20(17)28-21/h2-14H,1H3,(H,24,27). The number of aryl methyl sites for hydroxylation is 1. The van der Waals surface area contributed by atoms with Crippen LogP contribution >= 0.6 is 11.3 Å². The molecule has 5 heteroatoms. The molecule has 2 aromatic carbocycles. The van der Waals surface area contributed by atoms with Crippen LogP contribution in [0.5, 0.6) is 0 Å². The van der Waals surface area contributed by atoms with E-state index in [2.05, 4.69) is 5.32 Å². The molecule has 136 valence electrons. The first kappa shape index (κ1) is 16.7. The van der Waals surface area contributed by atoms with Crippen LogP contribution in [0.25, 0.3) is 27.0 Å². The molecule has 0 saturated heterocycles. The van der Waals surface area contributed by atoms with E-state index in [1.54, 1.807) is 0 Å². The Morgan fingerprint density at radius 3 is 2.79 bits per heavy atom. The molecule has 0 bridgehead atoms. The molecule has 3 heterocycles. The Kier molecular flexibility index (Phi) is 3.95. The SMILES string of the molecule is Cc1cccn2cc(-c3cccc(NC(=O)c4cc5ccccc5s4)c3)nc12. The van der Waals surface area contributed by atoms with Crippen LogP contribution in [-0.2, 0) is 0 Å². The van der Waals surface area contributed by atoms with Crippen LogP contribution in [-0.4, -0.2) is 15.3 Å². The fourth-order valence-corrected chi connectivity index (χ4v) is 4.29. The number of benzene rings is 2. The summed E-state index contributed by atoms with van der Waals surface area (Å²) in [4.78, 5) is 18.1. The Bertz CT molecular complexity index is 1300. The van der Waals surface area contributed by atoms with Crippen molar-refractivity contribution in [2.45, 2.75) is 6.92 Å². The van der Waals surface area contributed by atoms with Gasteiger partial charge in [0.15, 0.2) is 0 Å². The van der Waals surface area contributed by atoms with Crippen LogP contribution in [0.1, 0.15) is 15.2 Å². The molecular formula is C23H17N3OS. The van der Waals surface area contributed by atoms with Gasteiger partial charge in [0, 0.05) is 28.3 Å². The zero-order chi connectivity index (χ0) is 19.1. The summed E-state index contributed by atoms with van der Waals surface area (Å²) >= 11 is 1.50. The van der Waals surface area contributed by atoms with Crippen LogP contribution in [0.15, 0.2) is 79.1 Å². The summed E-state index contributed by atoms with van der Waals surface area (Å²) in [6, 6.07) is 21.8. The average Bonchev–Trinajstić information content (AvgIpc) is 3.33. The summed E-state index contributed by atoms with van der Waals surface area (Å²) in [5.74, 6) is -0.0933. The Morgan fingerprint density at radius 1 is 1.04 bits per heavy atom. The van der Waals surface area contributed by atoms with Gasteiger partial charge in [0.1, 0.15) is 5.65 Å². The molecule has 0 aliphatic rings. The number of pyridine rings is 1. The van der Waals surface area contributed by atoms with Gasteiger partial charge in [0.25, 0.3) is 5.91 Å². The first-order valence-electron chi connectivity index (χ1n) is 9.02. The molecule has 1 N–H and O–H groups in total. The molecule has 0 fully saturated rings. The van der Waals surface area contributed by atoms with E-state index >= 15 is 0 Å². The second-order valence-corrected chi connectivity index (χ2v) is 7.82. The van der Waals surface area contributed by atoms with E-state index in [1.165, 1.54) is 11.3 Å². The molecule has 0 saturated carbocycles. The highest BCUT2D eigenvalue weighted by molar-refractivity contribution is 7.20. The molecular weight excluding hydrogens is 366 g/mol. The third-order valence-electron chi connectivity index (χ3n) is 4.74. The quantitative estimate of drug-likeness (QED) is 0.429. The molecule has 5 aromatic rings. The van der Waals surface area contributed by atoms with Crippen LogP contribution in [0.4, 0.5) is 5.69 Å². The van der Waals surface area contributed by atoms with Crippen LogP contribution in [0.3, 0.4) is 0 Å². The van der Waals surface area contributed by atoms with Crippen molar-refractivity contribution in [3.63, 3.8) is 0 Å². The number of rotatable bonds is 3. The Balaban J connectivity index is 1.44. The van der Waals surface area contributed by atoms with Gasteiger partial charge in [-0.1, -0.05) is 36.4 Å². The highest BCUT2D eigenvalue weighted by atomic mass is 32.1. The van der Waals surface area contributed by atoms with E-state index in [4.69, 9.17) is 4.98 Å². The molecule has 28 heavy (non-hydrogen) atoms. The molecule has 0 radical (unpaired) electrons. The van der Waals surface area contributed by atoms with E-state index < -0.39 is 0 Å². The first-order valence-corrected chi connectivity index (χ1v) is 9.84. The molecule has 0 spiro atoms. The minimum Gasteiger partial charge on any atom is -0.321 e. The number of nitrogens with zero attached hydrogens (tertiary/aromatic N) is 2. The van der Waals surface area contributed by atoms with E-state index in [1.807, 2.05) is 90.4 Å². The van der Waals surface area contributed by atoms with E-state index in [0.29, 0.717) is 4.88 Å². The number of imidazole rings is 1. The number of carbonyl (C=O) groups is 1. The third-order valence-corrected chi connectivity index (χ3v) is 5.86. The number of fused-ring (bicyclic) bond motifs is 2. The Morgan fingerprint density at radius 2 is 1.93 bits per heavy atom. The number of hydrogen-bond donors (Lipinski definition) is 1. The normalized spacial score (nSPS) is 11.2. The van der Waals surface area contributed by atoms with Gasteiger partial charge in [-0.25, -0.2) is 4.98 Å². The second kappa shape index (κ2) is 6.62. The van der Waals surface area contributed by atoms with Crippen LogP contribution in [0.2, 0.25) is 0 Å². The van der Waals surface area contributed by atoms with Crippen molar-refractivity contribution in [2.24, 2.45) is 0 Å². The Labute approximate surface area is 166 Å². The topological polar surface area (TPSA) is 46.4 Å². The fourth-order valence-electron chi connectivity index (χ4n) is 3.34.